The fourth-order valence-corrected chi connectivity index (χ4v) is 3.66. The fourth-order valence-electron chi connectivity index (χ4n) is 3.66. The SMILES string of the molecule is C[C@H]1[C@@H](N(C)C(=O)O)C[C@]1(C)Oc1nc(-c2cnn(C)c2)cn2nccc12. The molecular formula is C18H22N6O3. The number of amides is 1. The standard InChI is InChI=1S/C18H22N6O3/c1-11-15(23(4)17(25)26)7-18(11,2)27-16-14-5-6-19-24(14)10-13(21-16)12-8-20-22(3)9-12/h5-6,8-11,15H,7H2,1-4H3,(H,25,26)/t11-,15-,18-/m0/s1. The smallest absolute Gasteiger partial charge is 0.407 e. The Bertz CT molecular complexity index is 1010. The maximum absolute atomic E-state index is 11.2. The lowest BCUT2D eigenvalue weighted by molar-refractivity contribution is -0.102. The minimum atomic E-state index is -0.927. The third-order valence-corrected chi connectivity index (χ3v) is 5.64. The molecule has 1 fully saturated rings. The van der Waals surface area contributed by atoms with E-state index in [0.29, 0.717) is 18.0 Å². The molecule has 0 radical (unpaired) electrons. The van der Waals surface area contributed by atoms with Crippen LogP contribution in [0.4, 0.5) is 4.79 Å². The summed E-state index contributed by atoms with van der Waals surface area (Å²) in [4.78, 5) is 17.3. The number of rotatable bonds is 4. The Morgan fingerprint density at radius 1 is 1.41 bits per heavy atom. The van der Waals surface area contributed by atoms with Crippen molar-refractivity contribution < 1.29 is 14.6 Å². The van der Waals surface area contributed by atoms with Gasteiger partial charge in [-0.1, -0.05) is 6.92 Å². The van der Waals surface area contributed by atoms with Gasteiger partial charge in [-0.15, -0.1) is 0 Å². The molecule has 0 saturated heterocycles. The molecule has 1 aliphatic carbocycles. The summed E-state index contributed by atoms with van der Waals surface area (Å²) in [7, 11) is 3.45. The minimum Gasteiger partial charge on any atom is -0.469 e. The Morgan fingerprint density at radius 3 is 2.81 bits per heavy atom. The van der Waals surface area contributed by atoms with Gasteiger partial charge in [0.25, 0.3) is 0 Å². The van der Waals surface area contributed by atoms with Crippen molar-refractivity contribution in [3.8, 4) is 17.1 Å². The lowest BCUT2D eigenvalue weighted by Crippen LogP contribution is -2.63. The summed E-state index contributed by atoms with van der Waals surface area (Å²) in [6, 6.07) is 1.78. The van der Waals surface area contributed by atoms with E-state index in [9.17, 15) is 9.90 Å². The van der Waals surface area contributed by atoms with E-state index in [4.69, 9.17) is 9.72 Å². The fraction of sp³-hybridized carbons (Fsp3) is 0.444. The molecule has 3 aromatic heterocycles. The van der Waals surface area contributed by atoms with Crippen molar-refractivity contribution in [2.75, 3.05) is 7.05 Å². The molecule has 3 heterocycles. The van der Waals surface area contributed by atoms with Crippen LogP contribution < -0.4 is 4.74 Å². The van der Waals surface area contributed by atoms with Gasteiger partial charge in [0.05, 0.1) is 24.3 Å². The van der Waals surface area contributed by atoms with Gasteiger partial charge < -0.3 is 14.7 Å². The van der Waals surface area contributed by atoms with Gasteiger partial charge in [-0.05, 0) is 13.0 Å². The Balaban J connectivity index is 1.66. The van der Waals surface area contributed by atoms with E-state index in [1.165, 1.54) is 4.90 Å². The van der Waals surface area contributed by atoms with Gasteiger partial charge in [0.15, 0.2) is 0 Å². The zero-order valence-corrected chi connectivity index (χ0v) is 15.7. The Kier molecular flexibility index (Phi) is 3.83. The predicted octanol–water partition coefficient (Wildman–Crippen LogP) is 2.29. The molecule has 0 aromatic carbocycles. The number of aromatic nitrogens is 5. The predicted molar refractivity (Wildman–Crippen MR) is 97.6 cm³/mol. The highest BCUT2D eigenvalue weighted by molar-refractivity contribution is 5.66. The van der Waals surface area contributed by atoms with Crippen molar-refractivity contribution in [1.29, 1.82) is 0 Å². The zero-order chi connectivity index (χ0) is 19.3. The molecule has 3 aromatic rings. The van der Waals surface area contributed by atoms with Gasteiger partial charge in [-0.25, -0.2) is 14.3 Å². The quantitative estimate of drug-likeness (QED) is 0.757. The number of fused-ring (bicyclic) bond motifs is 1. The average Bonchev–Trinajstić information content (AvgIpc) is 3.27. The monoisotopic (exact) mass is 370 g/mol. The van der Waals surface area contributed by atoms with Crippen molar-refractivity contribution in [3.05, 3.63) is 30.9 Å². The maximum Gasteiger partial charge on any atom is 0.407 e. The van der Waals surface area contributed by atoms with Crippen molar-refractivity contribution in [2.24, 2.45) is 13.0 Å². The lowest BCUT2D eigenvalue weighted by atomic mass is 9.66. The van der Waals surface area contributed by atoms with Crippen molar-refractivity contribution in [2.45, 2.75) is 31.9 Å². The van der Waals surface area contributed by atoms with E-state index >= 15 is 0 Å². The maximum atomic E-state index is 11.2. The largest absolute Gasteiger partial charge is 0.469 e. The second-order valence-corrected chi connectivity index (χ2v) is 7.36. The normalized spacial score (nSPS) is 24.6. The van der Waals surface area contributed by atoms with E-state index in [0.717, 1.165) is 11.1 Å². The molecular weight excluding hydrogens is 348 g/mol. The molecule has 27 heavy (non-hydrogen) atoms. The molecule has 0 aliphatic heterocycles. The first-order chi connectivity index (χ1) is 12.8. The molecule has 0 unspecified atom stereocenters. The van der Waals surface area contributed by atoms with Crippen LogP contribution in [0.2, 0.25) is 0 Å². The van der Waals surface area contributed by atoms with Crippen LogP contribution in [0.25, 0.3) is 16.8 Å². The molecule has 1 aliphatic rings. The minimum absolute atomic E-state index is 0.0328. The van der Waals surface area contributed by atoms with Crippen LogP contribution in [0.1, 0.15) is 20.3 Å². The summed E-state index contributed by atoms with van der Waals surface area (Å²) in [5.41, 5.74) is 1.85. The first-order valence-electron chi connectivity index (χ1n) is 8.77. The Morgan fingerprint density at radius 2 is 2.19 bits per heavy atom. The summed E-state index contributed by atoms with van der Waals surface area (Å²) in [5.74, 6) is 0.519. The summed E-state index contributed by atoms with van der Waals surface area (Å²) in [6.45, 7) is 4.00. The molecule has 142 valence electrons. The van der Waals surface area contributed by atoms with Crippen LogP contribution >= 0.6 is 0 Å². The summed E-state index contributed by atoms with van der Waals surface area (Å²) >= 11 is 0. The lowest BCUT2D eigenvalue weighted by Gasteiger charge is -2.53. The molecule has 1 saturated carbocycles. The summed E-state index contributed by atoms with van der Waals surface area (Å²) in [5, 5.41) is 17.7. The first kappa shape index (κ1) is 17.3. The van der Waals surface area contributed by atoms with Crippen LogP contribution in [0.15, 0.2) is 30.9 Å². The molecule has 3 atom stereocenters. The average molecular weight is 370 g/mol. The number of hydrogen-bond donors (Lipinski definition) is 1. The summed E-state index contributed by atoms with van der Waals surface area (Å²) < 4.78 is 9.78. The van der Waals surface area contributed by atoms with E-state index in [1.807, 2.05) is 39.4 Å². The molecule has 9 heteroatoms. The van der Waals surface area contributed by atoms with Gasteiger partial charge in [0.1, 0.15) is 11.1 Å². The van der Waals surface area contributed by atoms with Crippen LogP contribution in [0, 0.1) is 5.92 Å². The Labute approximate surface area is 156 Å². The van der Waals surface area contributed by atoms with Crippen LogP contribution in [0.3, 0.4) is 0 Å². The Hall–Kier alpha value is -3.10. The first-order valence-corrected chi connectivity index (χ1v) is 8.77. The molecule has 0 bridgehead atoms. The highest BCUT2D eigenvalue weighted by Gasteiger charge is 2.53. The van der Waals surface area contributed by atoms with Crippen molar-refractivity contribution in [1.82, 2.24) is 29.3 Å². The topological polar surface area (TPSA) is 97.8 Å². The van der Waals surface area contributed by atoms with Crippen molar-refractivity contribution in [3.63, 3.8) is 0 Å². The second-order valence-electron chi connectivity index (χ2n) is 7.36. The number of nitrogens with zero attached hydrogens (tertiary/aromatic N) is 6. The van der Waals surface area contributed by atoms with E-state index < -0.39 is 11.7 Å². The van der Waals surface area contributed by atoms with Gasteiger partial charge in [0, 0.05) is 44.2 Å². The number of aryl methyl sites for hydroxylation is 1. The third-order valence-electron chi connectivity index (χ3n) is 5.64. The highest BCUT2D eigenvalue weighted by Crippen LogP contribution is 2.44. The third kappa shape index (κ3) is 2.79. The molecule has 1 N–H and O–H groups in total. The molecule has 4 rings (SSSR count). The van der Waals surface area contributed by atoms with Crippen LogP contribution in [0.5, 0.6) is 5.88 Å². The van der Waals surface area contributed by atoms with Gasteiger partial charge in [-0.2, -0.15) is 10.2 Å². The van der Waals surface area contributed by atoms with Crippen LogP contribution in [-0.2, 0) is 7.05 Å². The van der Waals surface area contributed by atoms with E-state index in [2.05, 4.69) is 10.2 Å². The molecule has 0 spiro atoms. The van der Waals surface area contributed by atoms with E-state index in [1.54, 1.807) is 28.6 Å². The van der Waals surface area contributed by atoms with Crippen molar-refractivity contribution >= 4 is 11.6 Å². The zero-order valence-electron chi connectivity index (χ0n) is 15.7. The number of carboxylic acid groups (broad SMARTS) is 1. The number of ether oxygens (including phenoxy) is 1. The van der Waals surface area contributed by atoms with Gasteiger partial charge >= 0.3 is 6.09 Å². The second kappa shape index (κ2) is 5.97. The number of hydrogen-bond acceptors (Lipinski definition) is 5. The molecule has 9 nitrogen and oxygen atoms in total. The number of carbonyl (C=O) groups is 1. The van der Waals surface area contributed by atoms with Gasteiger partial charge in [0.2, 0.25) is 5.88 Å². The van der Waals surface area contributed by atoms with Crippen LogP contribution in [-0.4, -0.2) is 59.2 Å². The van der Waals surface area contributed by atoms with Gasteiger partial charge in [-0.3, -0.25) is 4.68 Å². The highest BCUT2D eigenvalue weighted by atomic mass is 16.5. The summed E-state index contributed by atoms with van der Waals surface area (Å²) in [6.07, 6.45) is 6.84. The van der Waals surface area contributed by atoms with E-state index in [-0.39, 0.29) is 12.0 Å². The molecule has 1 amide bonds.